The maximum atomic E-state index is 11.5. The summed E-state index contributed by atoms with van der Waals surface area (Å²) < 4.78 is 5.16. The van der Waals surface area contributed by atoms with Gasteiger partial charge in [0.2, 0.25) is 0 Å². The van der Waals surface area contributed by atoms with Gasteiger partial charge in [-0.1, -0.05) is 0 Å². The summed E-state index contributed by atoms with van der Waals surface area (Å²) in [6.07, 6.45) is 3.02. The minimum atomic E-state index is -0.479. The standard InChI is InChI=1S/C11H23NO3S/c1-11(2,3)15-10(14)12-9(5-7-13)6-8-16-4/h9,13H,5-8H2,1-4H3,(H,12,14)/t9-/m1/s1. The number of rotatable bonds is 6. The average molecular weight is 249 g/mol. The molecule has 0 unspecified atom stereocenters. The molecule has 0 bridgehead atoms. The van der Waals surface area contributed by atoms with Crippen LogP contribution >= 0.6 is 11.8 Å². The van der Waals surface area contributed by atoms with Crippen LogP contribution < -0.4 is 5.32 Å². The highest BCUT2D eigenvalue weighted by molar-refractivity contribution is 7.98. The van der Waals surface area contributed by atoms with Crippen LogP contribution in [0.5, 0.6) is 0 Å². The molecule has 0 aliphatic carbocycles. The Balaban J connectivity index is 4.02. The molecule has 16 heavy (non-hydrogen) atoms. The van der Waals surface area contributed by atoms with E-state index in [2.05, 4.69) is 5.32 Å². The van der Waals surface area contributed by atoms with Crippen LogP contribution in [0.3, 0.4) is 0 Å². The lowest BCUT2D eigenvalue weighted by Crippen LogP contribution is -2.39. The van der Waals surface area contributed by atoms with Crippen LogP contribution in [0.1, 0.15) is 33.6 Å². The van der Waals surface area contributed by atoms with Gasteiger partial charge in [0.05, 0.1) is 0 Å². The number of nitrogens with one attached hydrogen (secondary N) is 1. The Hall–Kier alpha value is -0.420. The Morgan fingerprint density at radius 1 is 1.44 bits per heavy atom. The van der Waals surface area contributed by atoms with Crippen molar-refractivity contribution in [1.29, 1.82) is 0 Å². The molecular weight excluding hydrogens is 226 g/mol. The van der Waals surface area contributed by atoms with E-state index in [4.69, 9.17) is 9.84 Å². The molecule has 0 spiro atoms. The first-order chi connectivity index (χ1) is 7.39. The fraction of sp³-hybridized carbons (Fsp3) is 0.909. The van der Waals surface area contributed by atoms with Crippen molar-refractivity contribution in [2.75, 3.05) is 18.6 Å². The highest BCUT2D eigenvalue weighted by atomic mass is 32.2. The number of hydrogen-bond acceptors (Lipinski definition) is 4. The average Bonchev–Trinajstić information content (AvgIpc) is 2.11. The van der Waals surface area contributed by atoms with Gasteiger partial charge in [-0.2, -0.15) is 11.8 Å². The summed E-state index contributed by atoms with van der Waals surface area (Å²) in [5.41, 5.74) is -0.479. The van der Waals surface area contributed by atoms with Gasteiger partial charge in [-0.15, -0.1) is 0 Å². The number of ether oxygens (including phenoxy) is 1. The molecule has 0 fully saturated rings. The molecule has 0 aliphatic rings. The van der Waals surface area contributed by atoms with Gasteiger partial charge in [0.1, 0.15) is 5.60 Å². The van der Waals surface area contributed by atoms with E-state index in [1.165, 1.54) is 0 Å². The van der Waals surface area contributed by atoms with Crippen LogP contribution in [0.4, 0.5) is 4.79 Å². The summed E-state index contributed by atoms with van der Waals surface area (Å²) in [5, 5.41) is 11.7. The van der Waals surface area contributed by atoms with Gasteiger partial charge >= 0.3 is 6.09 Å². The highest BCUT2D eigenvalue weighted by Gasteiger charge is 2.18. The predicted octanol–water partition coefficient (Wildman–Crippen LogP) is 2.02. The lowest BCUT2D eigenvalue weighted by Gasteiger charge is -2.23. The second-order valence-electron chi connectivity index (χ2n) is 4.64. The summed E-state index contributed by atoms with van der Waals surface area (Å²) in [4.78, 5) is 11.5. The zero-order valence-electron chi connectivity index (χ0n) is 10.6. The number of hydrogen-bond donors (Lipinski definition) is 2. The first kappa shape index (κ1) is 15.6. The van der Waals surface area contributed by atoms with Gasteiger partial charge in [-0.05, 0) is 45.6 Å². The molecular formula is C11H23NO3S. The lowest BCUT2D eigenvalue weighted by molar-refractivity contribution is 0.0496. The molecule has 0 heterocycles. The topological polar surface area (TPSA) is 58.6 Å². The number of carbonyl (C=O) groups excluding carboxylic acids is 1. The van der Waals surface area contributed by atoms with Gasteiger partial charge in [-0.3, -0.25) is 0 Å². The van der Waals surface area contributed by atoms with Crippen molar-refractivity contribution in [3.05, 3.63) is 0 Å². The van der Waals surface area contributed by atoms with Crippen LogP contribution in [0, 0.1) is 0 Å². The van der Waals surface area contributed by atoms with Crippen molar-refractivity contribution in [2.24, 2.45) is 0 Å². The van der Waals surface area contributed by atoms with E-state index in [1.54, 1.807) is 11.8 Å². The molecule has 0 radical (unpaired) electrons. The van der Waals surface area contributed by atoms with Gasteiger partial charge in [0.25, 0.3) is 0 Å². The Morgan fingerprint density at radius 3 is 2.50 bits per heavy atom. The van der Waals surface area contributed by atoms with E-state index >= 15 is 0 Å². The van der Waals surface area contributed by atoms with E-state index in [9.17, 15) is 4.79 Å². The maximum absolute atomic E-state index is 11.5. The SMILES string of the molecule is CSCC[C@@H](CCO)NC(=O)OC(C)(C)C. The lowest BCUT2D eigenvalue weighted by atomic mass is 10.1. The zero-order valence-corrected chi connectivity index (χ0v) is 11.4. The summed E-state index contributed by atoms with van der Waals surface area (Å²) in [7, 11) is 0. The third-order valence-corrected chi connectivity index (χ3v) is 2.51. The molecule has 4 nitrogen and oxygen atoms in total. The second kappa shape index (κ2) is 7.79. The smallest absolute Gasteiger partial charge is 0.407 e. The number of thioether (sulfide) groups is 1. The number of amides is 1. The minimum absolute atomic E-state index is 0.00713. The molecule has 0 aromatic heterocycles. The molecule has 2 N–H and O–H groups in total. The summed E-state index contributed by atoms with van der Waals surface area (Å²) >= 11 is 1.72. The molecule has 0 saturated heterocycles. The highest BCUT2D eigenvalue weighted by Crippen LogP contribution is 2.09. The molecule has 96 valence electrons. The van der Waals surface area contributed by atoms with Gasteiger partial charge in [-0.25, -0.2) is 4.79 Å². The number of carbonyl (C=O) groups is 1. The summed E-state index contributed by atoms with van der Waals surface area (Å²) in [6, 6.07) is -0.00713. The Kier molecular flexibility index (Phi) is 7.58. The normalized spacial score (nSPS) is 13.3. The largest absolute Gasteiger partial charge is 0.444 e. The molecule has 0 aromatic rings. The molecule has 5 heteroatoms. The number of aliphatic hydroxyl groups excluding tert-OH is 1. The molecule has 0 aromatic carbocycles. The maximum Gasteiger partial charge on any atom is 0.407 e. The van der Waals surface area contributed by atoms with E-state index < -0.39 is 11.7 Å². The predicted molar refractivity (Wildman–Crippen MR) is 67.9 cm³/mol. The van der Waals surface area contributed by atoms with E-state index in [-0.39, 0.29) is 12.6 Å². The Morgan fingerprint density at radius 2 is 2.06 bits per heavy atom. The Bertz CT molecular complexity index is 204. The monoisotopic (exact) mass is 249 g/mol. The van der Waals surface area contributed by atoms with Crippen molar-refractivity contribution < 1.29 is 14.6 Å². The van der Waals surface area contributed by atoms with Crippen molar-refractivity contribution in [1.82, 2.24) is 5.32 Å². The van der Waals surface area contributed by atoms with Crippen molar-refractivity contribution in [3.8, 4) is 0 Å². The quantitative estimate of drug-likeness (QED) is 0.756. The first-order valence-electron chi connectivity index (χ1n) is 5.48. The third-order valence-electron chi connectivity index (χ3n) is 1.87. The fourth-order valence-corrected chi connectivity index (χ4v) is 1.70. The fourth-order valence-electron chi connectivity index (χ4n) is 1.18. The van der Waals surface area contributed by atoms with Gasteiger partial charge < -0.3 is 15.2 Å². The van der Waals surface area contributed by atoms with Crippen LogP contribution in [-0.2, 0) is 4.74 Å². The van der Waals surface area contributed by atoms with Crippen LogP contribution in [0.25, 0.3) is 0 Å². The van der Waals surface area contributed by atoms with Crippen LogP contribution in [0.15, 0.2) is 0 Å². The number of alkyl carbamates (subject to hydrolysis) is 1. The van der Waals surface area contributed by atoms with Crippen molar-refractivity contribution >= 4 is 17.9 Å². The van der Waals surface area contributed by atoms with Crippen LogP contribution in [-0.4, -0.2) is 41.5 Å². The van der Waals surface area contributed by atoms with E-state index in [0.29, 0.717) is 6.42 Å². The Labute approximate surface area is 102 Å². The minimum Gasteiger partial charge on any atom is -0.444 e. The van der Waals surface area contributed by atoms with E-state index in [1.807, 2.05) is 27.0 Å². The molecule has 0 saturated carbocycles. The van der Waals surface area contributed by atoms with Crippen molar-refractivity contribution in [3.63, 3.8) is 0 Å². The third kappa shape index (κ3) is 8.85. The van der Waals surface area contributed by atoms with Gasteiger partial charge in [0.15, 0.2) is 0 Å². The molecule has 0 aliphatic heterocycles. The first-order valence-corrected chi connectivity index (χ1v) is 6.87. The van der Waals surface area contributed by atoms with E-state index in [0.717, 1.165) is 12.2 Å². The zero-order chi connectivity index (χ0) is 12.6. The number of aliphatic hydroxyl groups is 1. The summed E-state index contributed by atoms with van der Waals surface area (Å²) in [6.45, 7) is 5.56. The van der Waals surface area contributed by atoms with Crippen LogP contribution in [0.2, 0.25) is 0 Å². The summed E-state index contributed by atoms with van der Waals surface area (Å²) in [5.74, 6) is 0.959. The molecule has 0 rings (SSSR count). The molecule has 1 amide bonds. The van der Waals surface area contributed by atoms with Gasteiger partial charge in [0, 0.05) is 12.6 Å². The molecule has 1 atom stereocenters. The second-order valence-corrected chi connectivity index (χ2v) is 5.62. The van der Waals surface area contributed by atoms with Crippen molar-refractivity contribution in [2.45, 2.75) is 45.3 Å².